The van der Waals surface area contributed by atoms with E-state index in [2.05, 4.69) is 16.1 Å². The maximum Gasteiger partial charge on any atom is 0.234 e. The number of nitrogens with two attached hydrogens (primary N) is 1. The molecule has 0 saturated carbocycles. The Labute approximate surface area is 70.8 Å². The van der Waals surface area contributed by atoms with Crippen molar-refractivity contribution in [3.8, 4) is 18.2 Å². The van der Waals surface area contributed by atoms with Crippen LogP contribution in [0, 0.1) is 12.3 Å². The Morgan fingerprint density at radius 3 is 2.83 bits per heavy atom. The molecule has 0 bridgehead atoms. The maximum atomic E-state index is 5.32. The summed E-state index contributed by atoms with van der Waals surface area (Å²) in [4.78, 5) is 0. The van der Waals surface area contributed by atoms with E-state index in [4.69, 9.17) is 16.9 Å². The normalized spacial score (nSPS) is 9.00. The standard InChI is InChI=1S/C8H9N3O/c1-2-5-12-8-4-3-7(6-9)10-11-8/h1,3-4H,5-6,9H2. The smallest absolute Gasteiger partial charge is 0.234 e. The molecule has 0 amide bonds. The van der Waals surface area contributed by atoms with Crippen molar-refractivity contribution < 1.29 is 4.74 Å². The van der Waals surface area contributed by atoms with Gasteiger partial charge in [0.2, 0.25) is 5.88 Å². The summed E-state index contributed by atoms with van der Waals surface area (Å²) in [7, 11) is 0. The minimum atomic E-state index is 0.205. The van der Waals surface area contributed by atoms with Crippen molar-refractivity contribution in [2.24, 2.45) is 5.73 Å². The molecule has 62 valence electrons. The van der Waals surface area contributed by atoms with Gasteiger partial charge < -0.3 is 10.5 Å². The highest BCUT2D eigenvalue weighted by Crippen LogP contribution is 2.03. The molecule has 1 heterocycles. The number of nitrogens with zero attached hydrogens (tertiary/aromatic N) is 2. The van der Waals surface area contributed by atoms with Gasteiger partial charge >= 0.3 is 0 Å². The Bertz CT molecular complexity index is 275. The molecule has 1 aromatic heterocycles. The molecule has 0 aliphatic heterocycles. The van der Waals surface area contributed by atoms with Crippen LogP contribution in [0.3, 0.4) is 0 Å². The molecule has 0 aliphatic carbocycles. The highest BCUT2D eigenvalue weighted by Gasteiger charge is 1.94. The van der Waals surface area contributed by atoms with Crippen molar-refractivity contribution in [3.63, 3.8) is 0 Å². The highest BCUT2D eigenvalue weighted by molar-refractivity contribution is 5.11. The van der Waals surface area contributed by atoms with Crippen LogP contribution < -0.4 is 10.5 Å². The Morgan fingerprint density at radius 2 is 2.33 bits per heavy atom. The number of terminal acetylenes is 1. The predicted molar refractivity (Wildman–Crippen MR) is 44.3 cm³/mol. The number of ether oxygens (including phenoxy) is 1. The first-order chi connectivity index (χ1) is 5.86. The van der Waals surface area contributed by atoms with Gasteiger partial charge in [-0.25, -0.2) is 0 Å². The summed E-state index contributed by atoms with van der Waals surface area (Å²) in [5.74, 6) is 2.75. The molecule has 4 heteroatoms. The second-order valence-corrected chi connectivity index (χ2v) is 2.06. The largest absolute Gasteiger partial charge is 0.463 e. The fraction of sp³-hybridized carbons (Fsp3) is 0.250. The van der Waals surface area contributed by atoms with Crippen LogP contribution in [-0.4, -0.2) is 16.8 Å². The molecular weight excluding hydrogens is 154 g/mol. The molecule has 12 heavy (non-hydrogen) atoms. The van der Waals surface area contributed by atoms with Gasteiger partial charge in [0.1, 0.15) is 0 Å². The van der Waals surface area contributed by atoms with Crippen LogP contribution in [0.1, 0.15) is 5.69 Å². The minimum Gasteiger partial charge on any atom is -0.463 e. The lowest BCUT2D eigenvalue weighted by molar-refractivity contribution is 0.350. The summed E-state index contributed by atoms with van der Waals surface area (Å²) in [5.41, 5.74) is 6.05. The lowest BCUT2D eigenvalue weighted by atomic mass is 10.4. The predicted octanol–water partition coefficient (Wildman–Crippen LogP) is -0.0527. The van der Waals surface area contributed by atoms with E-state index >= 15 is 0 Å². The van der Waals surface area contributed by atoms with Crippen molar-refractivity contribution in [1.82, 2.24) is 10.2 Å². The van der Waals surface area contributed by atoms with E-state index in [1.807, 2.05) is 0 Å². The molecule has 0 saturated heterocycles. The second-order valence-electron chi connectivity index (χ2n) is 2.06. The molecule has 1 rings (SSSR count). The van der Waals surface area contributed by atoms with Gasteiger partial charge in [-0.1, -0.05) is 5.92 Å². The molecule has 1 aromatic rings. The fourth-order valence-corrected chi connectivity index (χ4v) is 0.649. The third-order valence-electron chi connectivity index (χ3n) is 1.21. The van der Waals surface area contributed by atoms with Crippen LogP contribution in [0.25, 0.3) is 0 Å². The minimum absolute atomic E-state index is 0.205. The van der Waals surface area contributed by atoms with Crippen LogP contribution in [0.5, 0.6) is 5.88 Å². The molecule has 2 N–H and O–H groups in total. The van der Waals surface area contributed by atoms with Gasteiger partial charge in [0.05, 0.1) is 5.69 Å². The van der Waals surface area contributed by atoms with Gasteiger partial charge in [-0.2, -0.15) is 5.10 Å². The Balaban J connectivity index is 2.60. The summed E-state index contributed by atoms with van der Waals surface area (Å²) in [5, 5.41) is 7.52. The van der Waals surface area contributed by atoms with Crippen LogP contribution >= 0.6 is 0 Å². The maximum absolute atomic E-state index is 5.32. The molecule has 0 unspecified atom stereocenters. The third-order valence-corrected chi connectivity index (χ3v) is 1.21. The average molecular weight is 163 g/mol. The van der Waals surface area contributed by atoms with Gasteiger partial charge in [-0.3, -0.25) is 0 Å². The molecule has 0 atom stereocenters. The highest BCUT2D eigenvalue weighted by atomic mass is 16.5. The summed E-state index contributed by atoms with van der Waals surface area (Å²) in [6, 6.07) is 3.44. The number of hydrogen-bond acceptors (Lipinski definition) is 4. The van der Waals surface area contributed by atoms with Crippen LogP contribution in [0.15, 0.2) is 12.1 Å². The zero-order valence-electron chi connectivity index (χ0n) is 6.53. The van der Waals surface area contributed by atoms with E-state index in [1.54, 1.807) is 12.1 Å². The Kier molecular flexibility index (Phi) is 3.05. The monoisotopic (exact) mass is 163 g/mol. The molecule has 0 aromatic carbocycles. The van der Waals surface area contributed by atoms with Crippen molar-refractivity contribution in [1.29, 1.82) is 0 Å². The second kappa shape index (κ2) is 4.31. The van der Waals surface area contributed by atoms with Crippen LogP contribution in [-0.2, 0) is 6.54 Å². The van der Waals surface area contributed by atoms with Crippen molar-refractivity contribution in [2.45, 2.75) is 6.54 Å². The van der Waals surface area contributed by atoms with E-state index in [1.165, 1.54) is 0 Å². The summed E-state index contributed by atoms with van der Waals surface area (Å²) in [6.07, 6.45) is 4.99. The topological polar surface area (TPSA) is 61.0 Å². The lowest BCUT2D eigenvalue weighted by Crippen LogP contribution is -2.03. The first-order valence-electron chi connectivity index (χ1n) is 3.45. The van der Waals surface area contributed by atoms with Gasteiger partial charge in [0.15, 0.2) is 6.61 Å². The Morgan fingerprint density at radius 1 is 1.50 bits per heavy atom. The molecule has 0 fully saturated rings. The van der Waals surface area contributed by atoms with Gasteiger partial charge in [-0.15, -0.1) is 11.5 Å². The summed E-state index contributed by atoms with van der Waals surface area (Å²) < 4.78 is 5.00. The molecule has 4 nitrogen and oxygen atoms in total. The van der Waals surface area contributed by atoms with Gasteiger partial charge in [0, 0.05) is 12.6 Å². The quantitative estimate of drug-likeness (QED) is 0.634. The molecule has 0 spiro atoms. The molecule has 0 radical (unpaired) electrons. The molecular formula is C8H9N3O. The first kappa shape index (κ1) is 8.50. The zero-order valence-corrected chi connectivity index (χ0v) is 6.53. The Hall–Kier alpha value is -1.60. The molecule has 0 aliphatic rings. The van der Waals surface area contributed by atoms with E-state index in [-0.39, 0.29) is 6.61 Å². The average Bonchev–Trinajstić information content (AvgIpc) is 2.15. The number of aromatic nitrogens is 2. The summed E-state index contributed by atoms with van der Waals surface area (Å²) in [6.45, 7) is 0.582. The third kappa shape index (κ3) is 2.22. The lowest BCUT2D eigenvalue weighted by Gasteiger charge is -1.99. The van der Waals surface area contributed by atoms with E-state index in [0.29, 0.717) is 12.4 Å². The van der Waals surface area contributed by atoms with Gasteiger partial charge in [0.25, 0.3) is 0 Å². The van der Waals surface area contributed by atoms with Crippen molar-refractivity contribution in [2.75, 3.05) is 6.61 Å². The first-order valence-corrected chi connectivity index (χ1v) is 3.45. The SMILES string of the molecule is C#CCOc1ccc(CN)nn1. The van der Waals surface area contributed by atoms with E-state index < -0.39 is 0 Å². The van der Waals surface area contributed by atoms with Crippen LogP contribution in [0.2, 0.25) is 0 Å². The van der Waals surface area contributed by atoms with E-state index in [0.717, 1.165) is 5.69 Å². The zero-order chi connectivity index (χ0) is 8.81. The summed E-state index contributed by atoms with van der Waals surface area (Å²) >= 11 is 0. The fourth-order valence-electron chi connectivity index (χ4n) is 0.649. The van der Waals surface area contributed by atoms with Gasteiger partial charge in [-0.05, 0) is 6.07 Å². The van der Waals surface area contributed by atoms with E-state index in [9.17, 15) is 0 Å². The van der Waals surface area contributed by atoms with Crippen molar-refractivity contribution in [3.05, 3.63) is 17.8 Å². The van der Waals surface area contributed by atoms with Crippen LogP contribution in [0.4, 0.5) is 0 Å². The number of rotatable bonds is 3. The number of hydrogen-bond donors (Lipinski definition) is 1. The van der Waals surface area contributed by atoms with Crippen molar-refractivity contribution >= 4 is 0 Å².